The maximum Gasteiger partial charge on any atom is 0.280 e. The van der Waals surface area contributed by atoms with Crippen LogP contribution in [-0.2, 0) is 6.54 Å². The van der Waals surface area contributed by atoms with Crippen molar-refractivity contribution in [2.24, 2.45) is 0 Å². The molecule has 0 atom stereocenters. The van der Waals surface area contributed by atoms with Gasteiger partial charge in [-0.25, -0.2) is 9.67 Å². The molecule has 0 fully saturated rings. The number of nitrogen functional groups attached to an aromatic ring is 1. The van der Waals surface area contributed by atoms with Crippen molar-refractivity contribution in [3.63, 3.8) is 0 Å². The van der Waals surface area contributed by atoms with Crippen LogP contribution in [0.2, 0.25) is 0 Å². The Labute approximate surface area is 208 Å². The molecule has 0 saturated heterocycles. The van der Waals surface area contributed by atoms with Crippen LogP contribution in [0.3, 0.4) is 0 Å². The number of hydrogen-bond donors (Lipinski definition) is 2. The molecule has 0 aliphatic carbocycles. The molecule has 0 radical (unpaired) electrons. The second-order valence-corrected chi connectivity index (χ2v) is 8.22. The van der Waals surface area contributed by atoms with Crippen LogP contribution in [-0.4, -0.2) is 46.2 Å². The van der Waals surface area contributed by atoms with Crippen LogP contribution in [0.15, 0.2) is 46.9 Å². The average Bonchev–Trinajstić information content (AvgIpc) is 3.41. The van der Waals surface area contributed by atoms with Crippen LogP contribution in [0.25, 0.3) is 11.5 Å². The zero-order chi connectivity index (χ0) is 25.8. The minimum atomic E-state index is -0.507. The standard InChI is InChI=1S/C25H28N6O5/c1-14(2)35-18-9-6-16(7-10-18)25-28-19(15(3)36-25)13-31-23(26)22(29-30-31)24(32)27-17-8-11-20(33-4)21(12-17)34-5/h6-12,14H,13,26H2,1-5H3,(H,27,32). The molecule has 2 heterocycles. The van der Waals surface area contributed by atoms with E-state index in [0.29, 0.717) is 34.5 Å². The van der Waals surface area contributed by atoms with E-state index in [1.807, 2.05) is 38.1 Å². The van der Waals surface area contributed by atoms with Gasteiger partial charge in [0.2, 0.25) is 5.89 Å². The number of carbonyl (C=O) groups excluding carboxylic acids is 1. The van der Waals surface area contributed by atoms with E-state index < -0.39 is 5.91 Å². The Kier molecular flexibility index (Phi) is 7.09. The number of oxazole rings is 1. The fraction of sp³-hybridized carbons (Fsp3) is 0.280. The molecule has 11 heteroatoms. The first-order valence-electron chi connectivity index (χ1n) is 11.2. The van der Waals surface area contributed by atoms with Gasteiger partial charge in [0.05, 0.1) is 26.9 Å². The van der Waals surface area contributed by atoms with E-state index in [9.17, 15) is 4.79 Å². The van der Waals surface area contributed by atoms with E-state index in [-0.39, 0.29) is 24.2 Å². The molecular weight excluding hydrogens is 464 g/mol. The van der Waals surface area contributed by atoms with Crippen molar-refractivity contribution in [2.75, 3.05) is 25.3 Å². The number of hydrogen-bond acceptors (Lipinski definition) is 9. The summed E-state index contributed by atoms with van der Waals surface area (Å²) >= 11 is 0. The van der Waals surface area contributed by atoms with E-state index in [0.717, 1.165) is 11.3 Å². The predicted molar refractivity (Wildman–Crippen MR) is 133 cm³/mol. The third-order valence-electron chi connectivity index (χ3n) is 5.30. The molecule has 188 valence electrons. The van der Waals surface area contributed by atoms with Crippen LogP contribution in [0.1, 0.15) is 35.8 Å². The topological polar surface area (TPSA) is 140 Å². The molecule has 1 amide bonds. The zero-order valence-corrected chi connectivity index (χ0v) is 20.7. The molecule has 36 heavy (non-hydrogen) atoms. The van der Waals surface area contributed by atoms with Gasteiger partial charge in [0.25, 0.3) is 5.91 Å². The highest BCUT2D eigenvalue weighted by Crippen LogP contribution is 2.30. The highest BCUT2D eigenvalue weighted by molar-refractivity contribution is 6.05. The van der Waals surface area contributed by atoms with Crippen molar-refractivity contribution in [1.29, 1.82) is 0 Å². The highest BCUT2D eigenvalue weighted by atomic mass is 16.5. The fourth-order valence-corrected chi connectivity index (χ4v) is 3.49. The van der Waals surface area contributed by atoms with E-state index >= 15 is 0 Å². The van der Waals surface area contributed by atoms with Crippen LogP contribution >= 0.6 is 0 Å². The van der Waals surface area contributed by atoms with Gasteiger partial charge in [0, 0.05) is 17.3 Å². The number of nitrogens with two attached hydrogens (primary N) is 1. The van der Waals surface area contributed by atoms with E-state index in [1.54, 1.807) is 25.1 Å². The summed E-state index contributed by atoms with van der Waals surface area (Å²) in [6.07, 6.45) is 0.0885. The van der Waals surface area contributed by atoms with E-state index in [4.69, 9.17) is 24.4 Å². The van der Waals surface area contributed by atoms with Crippen LogP contribution < -0.4 is 25.3 Å². The highest BCUT2D eigenvalue weighted by Gasteiger charge is 2.20. The number of nitrogens with zero attached hydrogens (tertiary/aromatic N) is 4. The molecule has 0 spiro atoms. The number of aryl methyl sites for hydroxylation is 1. The molecule has 3 N–H and O–H groups in total. The molecule has 0 aliphatic rings. The van der Waals surface area contributed by atoms with Gasteiger partial charge >= 0.3 is 0 Å². The third kappa shape index (κ3) is 5.24. The summed E-state index contributed by atoms with van der Waals surface area (Å²) in [6, 6.07) is 12.5. The summed E-state index contributed by atoms with van der Waals surface area (Å²) in [4.78, 5) is 17.4. The predicted octanol–water partition coefficient (Wildman–Crippen LogP) is 3.93. The van der Waals surface area contributed by atoms with Crippen molar-refractivity contribution in [1.82, 2.24) is 20.0 Å². The Morgan fingerprint density at radius 3 is 2.50 bits per heavy atom. The number of methoxy groups -OCH3 is 2. The largest absolute Gasteiger partial charge is 0.493 e. The van der Waals surface area contributed by atoms with Gasteiger partial charge in [-0.1, -0.05) is 5.21 Å². The molecule has 4 rings (SSSR count). The average molecular weight is 493 g/mol. The van der Waals surface area contributed by atoms with Gasteiger partial charge in [0.1, 0.15) is 17.2 Å². The van der Waals surface area contributed by atoms with Gasteiger partial charge < -0.3 is 29.7 Å². The van der Waals surface area contributed by atoms with Gasteiger partial charge in [-0.2, -0.15) is 0 Å². The first kappa shape index (κ1) is 24.6. The quantitative estimate of drug-likeness (QED) is 0.356. The number of aromatic nitrogens is 4. The maximum absolute atomic E-state index is 12.8. The van der Waals surface area contributed by atoms with Crippen molar-refractivity contribution >= 4 is 17.4 Å². The van der Waals surface area contributed by atoms with Gasteiger partial charge in [0.15, 0.2) is 23.0 Å². The lowest BCUT2D eigenvalue weighted by Gasteiger charge is -2.10. The SMILES string of the molecule is COc1ccc(NC(=O)c2nnn(Cc3nc(-c4ccc(OC(C)C)cc4)oc3C)c2N)cc1OC. The number of carbonyl (C=O) groups is 1. The monoisotopic (exact) mass is 492 g/mol. The Bertz CT molecular complexity index is 1360. The molecule has 2 aromatic carbocycles. The van der Waals surface area contributed by atoms with E-state index in [1.165, 1.54) is 18.9 Å². The Morgan fingerprint density at radius 1 is 1.11 bits per heavy atom. The molecule has 0 unspecified atom stereocenters. The van der Waals surface area contributed by atoms with Gasteiger partial charge in [-0.05, 0) is 57.2 Å². The molecule has 4 aromatic rings. The van der Waals surface area contributed by atoms with Crippen molar-refractivity contribution < 1.29 is 23.4 Å². The molecule has 0 saturated carbocycles. The van der Waals surface area contributed by atoms with Gasteiger partial charge in [-0.3, -0.25) is 4.79 Å². The number of benzene rings is 2. The normalized spacial score (nSPS) is 10.9. The number of nitrogens with one attached hydrogen (secondary N) is 1. The minimum absolute atomic E-state index is 0.00750. The van der Waals surface area contributed by atoms with Crippen molar-refractivity contribution in [3.8, 4) is 28.7 Å². The number of amides is 1. The first-order chi connectivity index (χ1) is 17.3. The molecule has 2 aromatic heterocycles. The zero-order valence-electron chi connectivity index (χ0n) is 20.7. The lowest BCUT2D eigenvalue weighted by molar-refractivity contribution is 0.102. The molecular formula is C25H28N6O5. The first-order valence-corrected chi connectivity index (χ1v) is 11.2. The second kappa shape index (κ2) is 10.4. The second-order valence-electron chi connectivity index (χ2n) is 8.22. The number of ether oxygens (including phenoxy) is 3. The lowest BCUT2D eigenvalue weighted by atomic mass is 10.2. The van der Waals surface area contributed by atoms with Crippen molar-refractivity contribution in [2.45, 2.75) is 33.4 Å². The summed E-state index contributed by atoms with van der Waals surface area (Å²) in [5.41, 5.74) is 8.11. The minimum Gasteiger partial charge on any atom is -0.493 e. The number of anilines is 2. The van der Waals surface area contributed by atoms with Crippen molar-refractivity contribution in [3.05, 3.63) is 59.6 Å². The summed E-state index contributed by atoms with van der Waals surface area (Å²) in [5.74, 6) is 2.46. The lowest BCUT2D eigenvalue weighted by Crippen LogP contribution is -2.15. The smallest absolute Gasteiger partial charge is 0.280 e. The maximum atomic E-state index is 12.8. The molecule has 11 nitrogen and oxygen atoms in total. The summed E-state index contributed by atoms with van der Waals surface area (Å²) < 4.78 is 23.4. The summed E-state index contributed by atoms with van der Waals surface area (Å²) in [7, 11) is 3.05. The Hall–Kier alpha value is -4.54. The van der Waals surface area contributed by atoms with Crippen LogP contribution in [0.5, 0.6) is 17.2 Å². The van der Waals surface area contributed by atoms with Crippen LogP contribution in [0.4, 0.5) is 11.5 Å². The molecule has 0 aliphatic heterocycles. The Morgan fingerprint density at radius 2 is 1.83 bits per heavy atom. The Balaban J connectivity index is 1.48. The molecule has 0 bridgehead atoms. The summed E-state index contributed by atoms with van der Waals surface area (Å²) in [6.45, 7) is 5.93. The fourth-order valence-electron chi connectivity index (χ4n) is 3.49. The van der Waals surface area contributed by atoms with Gasteiger partial charge in [-0.15, -0.1) is 5.10 Å². The number of rotatable bonds is 9. The third-order valence-corrected chi connectivity index (χ3v) is 5.30. The summed E-state index contributed by atoms with van der Waals surface area (Å²) in [5, 5.41) is 10.7. The van der Waals surface area contributed by atoms with E-state index in [2.05, 4.69) is 20.6 Å². The van der Waals surface area contributed by atoms with Crippen LogP contribution in [0, 0.1) is 6.92 Å².